The van der Waals surface area contributed by atoms with E-state index in [9.17, 15) is 14.0 Å². The van der Waals surface area contributed by atoms with Gasteiger partial charge in [0.25, 0.3) is 0 Å². The van der Waals surface area contributed by atoms with Gasteiger partial charge in [0.15, 0.2) is 12.1 Å². The van der Waals surface area contributed by atoms with Crippen LogP contribution in [0.5, 0.6) is 0 Å². The standard InChI is InChI=1S/C14H17ClFNO3/c1-5-17(13(19)20-14(2,3)4)11-7-6-10(15)12(16)9(11)8-18/h6-8H,5H2,1-4H3. The minimum atomic E-state index is -0.846. The summed E-state index contributed by atoms with van der Waals surface area (Å²) >= 11 is 5.63. The summed E-state index contributed by atoms with van der Waals surface area (Å²) in [6, 6.07) is 2.72. The molecule has 0 aliphatic rings. The molecule has 0 spiro atoms. The summed E-state index contributed by atoms with van der Waals surface area (Å²) in [6.07, 6.45) is -0.311. The Kier molecular flexibility index (Phi) is 5.11. The average Bonchev–Trinajstić information content (AvgIpc) is 2.32. The van der Waals surface area contributed by atoms with Crippen LogP contribution in [0.2, 0.25) is 5.02 Å². The van der Waals surface area contributed by atoms with E-state index in [1.807, 2.05) is 0 Å². The van der Waals surface area contributed by atoms with Crippen molar-refractivity contribution in [2.45, 2.75) is 33.3 Å². The summed E-state index contributed by atoms with van der Waals surface area (Å²) in [5.74, 6) is -0.846. The number of amides is 1. The highest BCUT2D eigenvalue weighted by Gasteiger charge is 2.25. The predicted octanol–water partition coefficient (Wildman–Crippen LogP) is 4.05. The lowest BCUT2D eigenvalue weighted by molar-refractivity contribution is 0.0582. The van der Waals surface area contributed by atoms with Crippen molar-refractivity contribution in [3.8, 4) is 0 Å². The monoisotopic (exact) mass is 301 g/mol. The van der Waals surface area contributed by atoms with E-state index >= 15 is 0 Å². The number of hydrogen-bond donors (Lipinski definition) is 0. The van der Waals surface area contributed by atoms with Gasteiger partial charge >= 0.3 is 6.09 Å². The SMILES string of the molecule is CCN(C(=O)OC(C)(C)C)c1ccc(Cl)c(F)c1C=O. The maximum absolute atomic E-state index is 13.8. The Labute approximate surface area is 122 Å². The molecule has 1 aromatic carbocycles. The van der Waals surface area contributed by atoms with Crippen molar-refractivity contribution < 1.29 is 18.7 Å². The normalized spacial score (nSPS) is 11.1. The second-order valence-corrected chi connectivity index (χ2v) is 5.54. The molecule has 0 fully saturated rings. The summed E-state index contributed by atoms with van der Waals surface area (Å²) in [7, 11) is 0. The van der Waals surface area contributed by atoms with E-state index < -0.39 is 17.5 Å². The number of nitrogens with zero attached hydrogens (tertiary/aromatic N) is 1. The number of carbonyl (C=O) groups is 2. The predicted molar refractivity (Wildman–Crippen MR) is 76.1 cm³/mol. The lowest BCUT2D eigenvalue weighted by Crippen LogP contribution is -2.37. The number of aldehydes is 1. The number of ether oxygens (including phenoxy) is 1. The molecule has 1 rings (SSSR count). The van der Waals surface area contributed by atoms with Crippen molar-refractivity contribution in [1.82, 2.24) is 0 Å². The number of anilines is 1. The Morgan fingerprint density at radius 1 is 1.45 bits per heavy atom. The molecular formula is C14H17ClFNO3. The van der Waals surface area contributed by atoms with Crippen molar-refractivity contribution in [3.63, 3.8) is 0 Å². The molecule has 0 radical (unpaired) electrons. The van der Waals surface area contributed by atoms with Gasteiger partial charge in [-0.2, -0.15) is 0 Å². The van der Waals surface area contributed by atoms with E-state index in [1.54, 1.807) is 27.7 Å². The maximum Gasteiger partial charge on any atom is 0.414 e. The largest absolute Gasteiger partial charge is 0.443 e. The first-order chi connectivity index (χ1) is 9.21. The molecule has 0 bridgehead atoms. The van der Waals surface area contributed by atoms with Gasteiger partial charge in [0.05, 0.1) is 16.3 Å². The van der Waals surface area contributed by atoms with Crippen molar-refractivity contribution in [1.29, 1.82) is 0 Å². The zero-order valence-electron chi connectivity index (χ0n) is 11.9. The number of carbonyl (C=O) groups excluding carboxylic acids is 2. The van der Waals surface area contributed by atoms with Crippen molar-refractivity contribution in [3.05, 3.63) is 28.5 Å². The highest BCUT2D eigenvalue weighted by molar-refractivity contribution is 6.31. The van der Waals surface area contributed by atoms with Crippen LogP contribution in [0.4, 0.5) is 14.9 Å². The summed E-state index contributed by atoms with van der Waals surface area (Å²) in [5.41, 5.74) is -0.805. The molecule has 4 nitrogen and oxygen atoms in total. The number of hydrogen-bond acceptors (Lipinski definition) is 3. The smallest absolute Gasteiger partial charge is 0.414 e. The van der Waals surface area contributed by atoms with Crippen LogP contribution in [0.15, 0.2) is 12.1 Å². The first kappa shape index (κ1) is 16.4. The van der Waals surface area contributed by atoms with Gasteiger partial charge in [-0.3, -0.25) is 9.69 Å². The topological polar surface area (TPSA) is 46.6 Å². The molecule has 20 heavy (non-hydrogen) atoms. The molecule has 0 heterocycles. The summed E-state index contributed by atoms with van der Waals surface area (Å²) < 4.78 is 19.0. The van der Waals surface area contributed by atoms with E-state index in [4.69, 9.17) is 16.3 Å². The van der Waals surface area contributed by atoms with Gasteiger partial charge in [0.2, 0.25) is 0 Å². The van der Waals surface area contributed by atoms with Gasteiger partial charge in [0, 0.05) is 6.54 Å². The Morgan fingerprint density at radius 2 is 2.05 bits per heavy atom. The molecule has 6 heteroatoms. The van der Waals surface area contributed by atoms with Crippen molar-refractivity contribution in [2.24, 2.45) is 0 Å². The van der Waals surface area contributed by atoms with E-state index in [0.29, 0.717) is 6.29 Å². The Morgan fingerprint density at radius 3 is 2.50 bits per heavy atom. The first-order valence-corrected chi connectivity index (χ1v) is 6.52. The fourth-order valence-electron chi connectivity index (χ4n) is 1.62. The zero-order valence-corrected chi connectivity index (χ0v) is 12.6. The van der Waals surface area contributed by atoms with Gasteiger partial charge in [-0.15, -0.1) is 0 Å². The molecule has 0 saturated heterocycles. The van der Waals surface area contributed by atoms with Crippen LogP contribution in [0, 0.1) is 5.82 Å². The minimum absolute atomic E-state index is 0.138. The van der Waals surface area contributed by atoms with Crippen LogP contribution in [-0.2, 0) is 4.74 Å². The minimum Gasteiger partial charge on any atom is -0.443 e. The number of benzene rings is 1. The number of halogens is 2. The van der Waals surface area contributed by atoms with Crippen LogP contribution in [0.1, 0.15) is 38.1 Å². The van der Waals surface area contributed by atoms with Gasteiger partial charge < -0.3 is 4.74 Å². The Bertz CT molecular complexity index is 526. The third-order valence-corrected chi connectivity index (χ3v) is 2.74. The quantitative estimate of drug-likeness (QED) is 0.791. The van der Waals surface area contributed by atoms with E-state index in [1.165, 1.54) is 17.0 Å². The van der Waals surface area contributed by atoms with Crippen LogP contribution >= 0.6 is 11.6 Å². The highest BCUT2D eigenvalue weighted by Crippen LogP contribution is 2.28. The molecule has 0 N–H and O–H groups in total. The van der Waals surface area contributed by atoms with E-state index in [2.05, 4.69) is 0 Å². The van der Waals surface area contributed by atoms with E-state index in [0.717, 1.165) is 0 Å². The summed E-state index contributed by atoms with van der Waals surface area (Å²) in [4.78, 5) is 24.3. The molecule has 0 atom stereocenters. The number of rotatable bonds is 3. The molecule has 0 aliphatic carbocycles. The summed E-state index contributed by atoms with van der Waals surface area (Å²) in [6.45, 7) is 7.10. The van der Waals surface area contributed by atoms with Gasteiger partial charge in [-0.25, -0.2) is 9.18 Å². The van der Waals surface area contributed by atoms with Crippen LogP contribution in [-0.4, -0.2) is 24.5 Å². The average molecular weight is 302 g/mol. The molecule has 1 amide bonds. The van der Waals surface area contributed by atoms with Gasteiger partial charge in [-0.05, 0) is 39.8 Å². The van der Waals surface area contributed by atoms with E-state index in [-0.39, 0.29) is 22.8 Å². The maximum atomic E-state index is 13.8. The van der Waals surface area contributed by atoms with Gasteiger partial charge in [-0.1, -0.05) is 11.6 Å². The summed E-state index contributed by atoms with van der Waals surface area (Å²) in [5, 5.41) is -0.170. The van der Waals surface area contributed by atoms with Crippen LogP contribution in [0.3, 0.4) is 0 Å². The molecular weight excluding hydrogens is 285 g/mol. The molecule has 0 saturated carbocycles. The van der Waals surface area contributed by atoms with Gasteiger partial charge in [0.1, 0.15) is 5.60 Å². The molecule has 0 aliphatic heterocycles. The second-order valence-electron chi connectivity index (χ2n) is 5.14. The van der Waals surface area contributed by atoms with Crippen molar-refractivity contribution >= 4 is 29.7 Å². The fourth-order valence-corrected chi connectivity index (χ4v) is 1.78. The lowest BCUT2D eigenvalue weighted by atomic mass is 10.1. The molecule has 0 aromatic heterocycles. The van der Waals surface area contributed by atoms with Crippen LogP contribution in [0.25, 0.3) is 0 Å². The third-order valence-electron chi connectivity index (χ3n) is 2.45. The molecule has 110 valence electrons. The third kappa shape index (κ3) is 3.70. The zero-order chi connectivity index (χ0) is 15.5. The van der Waals surface area contributed by atoms with Crippen molar-refractivity contribution in [2.75, 3.05) is 11.4 Å². The first-order valence-electron chi connectivity index (χ1n) is 6.15. The van der Waals surface area contributed by atoms with Crippen LogP contribution < -0.4 is 4.90 Å². The highest BCUT2D eigenvalue weighted by atomic mass is 35.5. The Hall–Kier alpha value is -1.62. The Balaban J connectivity index is 3.23. The molecule has 1 aromatic rings. The fraction of sp³-hybridized carbons (Fsp3) is 0.429. The second kappa shape index (κ2) is 6.22. The molecule has 0 unspecified atom stereocenters. The lowest BCUT2D eigenvalue weighted by Gasteiger charge is -2.27.